The summed E-state index contributed by atoms with van der Waals surface area (Å²) in [6.45, 7) is 6.01. The molecule has 0 saturated heterocycles. The number of amides is 1. The number of rotatable bonds is 3. The standard InChI is InChI=1S/C18H19NO4/c1-18(2,3)23-14-9-5-4-8-13(14)19-17(20)12-7-6-10-15-16(12)22-11-21-15/h4-10H,11H2,1-3H3,(H,19,20). The van der Waals surface area contributed by atoms with Gasteiger partial charge in [-0.1, -0.05) is 18.2 Å². The second-order valence-electron chi connectivity index (χ2n) is 6.20. The van der Waals surface area contributed by atoms with Crippen LogP contribution in [0.4, 0.5) is 5.69 Å². The van der Waals surface area contributed by atoms with Crippen molar-refractivity contribution in [1.82, 2.24) is 0 Å². The third-order valence-electron chi connectivity index (χ3n) is 3.19. The number of fused-ring (bicyclic) bond motifs is 1. The van der Waals surface area contributed by atoms with Crippen molar-refractivity contribution in [2.75, 3.05) is 12.1 Å². The average molecular weight is 313 g/mol. The number of ether oxygens (including phenoxy) is 3. The van der Waals surface area contributed by atoms with Crippen molar-refractivity contribution in [2.45, 2.75) is 26.4 Å². The Morgan fingerprint density at radius 3 is 2.65 bits per heavy atom. The van der Waals surface area contributed by atoms with Gasteiger partial charge in [0, 0.05) is 0 Å². The molecule has 2 aromatic carbocycles. The largest absolute Gasteiger partial charge is 0.486 e. The van der Waals surface area contributed by atoms with Crippen LogP contribution in [0, 0.1) is 0 Å². The number of carbonyl (C=O) groups is 1. The van der Waals surface area contributed by atoms with Crippen LogP contribution in [0.5, 0.6) is 17.2 Å². The summed E-state index contributed by atoms with van der Waals surface area (Å²) < 4.78 is 16.6. The molecule has 5 nitrogen and oxygen atoms in total. The Hall–Kier alpha value is -2.69. The summed E-state index contributed by atoms with van der Waals surface area (Å²) in [6, 6.07) is 12.6. The molecule has 0 bridgehead atoms. The fraction of sp³-hybridized carbons (Fsp3) is 0.278. The number of anilines is 1. The molecule has 0 fully saturated rings. The summed E-state index contributed by atoms with van der Waals surface area (Å²) in [5.41, 5.74) is 0.695. The van der Waals surface area contributed by atoms with Crippen LogP contribution in [0.2, 0.25) is 0 Å². The summed E-state index contributed by atoms with van der Waals surface area (Å²) in [4.78, 5) is 12.6. The highest BCUT2D eigenvalue weighted by Crippen LogP contribution is 2.36. The van der Waals surface area contributed by atoms with Gasteiger partial charge in [-0.05, 0) is 45.0 Å². The zero-order valence-corrected chi connectivity index (χ0v) is 13.4. The molecule has 1 amide bonds. The maximum Gasteiger partial charge on any atom is 0.259 e. The van der Waals surface area contributed by atoms with Gasteiger partial charge in [0.05, 0.1) is 11.3 Å². The van der Waals surface area contributed by atoms with E-state index < -0.39 is 0 Å². The highest BCUT2D eigenvalue weighted by molar-refractivity contribution is 6.07. The lowest BCUT2D eigenvalue weighted by molar-refractivity contribution is 0.101. The van der Waals surface area contributed by atoms with Gasteiger partial charge < -0.3 is 19.5 Å². The third-order valence-corrected chi connectivity index (χ3v) is 3.19. The fourth-order valence-electron chi connectivity index (χ4n) is 2.29. The van der Waals surface area contributed by atoms with Gasteiger partial charge in [-0.15, -0.1) is 0 Å². The van der Waals surface area contributed by atoms with Crippen LogP contribution >= 0.6 is 0 Å². The highest BCUT2D eigenvalue weighted by atomic mass is 16.7. The number of carbonyl (C=O) groups excluding carboxylic acids is 1. The predicted octanol–water partition coefficient (Wildman–Crippen LogP) is 3.84. The molecule has 0 spiro atoms. The molecule has 23 heavy (non-hydrogen) atoms. The number of hydrogen-bond donors (Lipinski definition) is 1. The lowest BCUT2D eigenvalue weighted by Gasteiger charge is -2.23. The smallest absolute Gasteiger partial charge is 0.259 e. The van der Waals surface area contributed by atoms with Crippen molar-refractivity contribution >= 4 is 11.6 Å². The molecule has 3 rings (SSSR count). The first-order valence-corrected chi connectivity index (χ1v) is 7.42. The van der Waals surface area contributed by atoms with Crippen molar-refractivity contribution < 1.29 is 19.0 Å². The van der Waals surface area contributed by atoms with E-state index in [0.717, 1.165) is 0 Å². The van der Waals surface area contributed by atoms with Crippen LogP contribution in [0.3, 0.4) is 0 Å². The first-order valence-electron chi connectivity index (χ1n) is 7.42. The van der Waals surface area contributed by atoms with Gasteiger partial charge in [0.25, 0.3) is 5.91 Å². The zero-order valence-electron chi connectivity index (χ0n) is 13.4. The van der Waals surface area contributed by atoms with Gasteiger partial charge in [0.15, 0.2) is 11.5 Å². The van der Waals surface area contributed by atoms with Gasteiger partial charge in [0.1, 0.15) is 11.4 Å². The van der Waals surface area contributed by atoms with Crippen molar-refractivity contribution in [1.29, 1.82) is 0 Å². The van der Waals surface area contributed by atoms with Gasteiger partial charge >= 0.3 is 0 Å². The average Bonchev–Trinajstić information content (AvgIpc) is 2.96. The quantitative estimate of drug-likeness (QED) is 0.935. The Morgan fingerprint density at radius 1 is 1.09 bits per heavy atom. The van der Waals surface area contributed by atoms with Crippen LogP contribution < -0.4 is 19.5 Å². The zero-order chi connectivity index (χ0) is 16.4. The fourth-order valence-corrected chi connectivity index (χ4v) is 2.29. The Labute approximate surface area is 135 Å². The Kier molecular flexibility index (Phi) is 3.86. The normalized spacial score (nSPS) is 12.8. The Morgan fingerprint density at radius 2 is 1.87 bits per heavy atom. The predicted molar refractivity (Wildman–Crippen MR) is 87.3 cm³/mol. The summed E-state index contributed by atoms with van der Waals surface area (Å²) in [6.07, 6.45) is 0. The summed E-state index contributed by atoms with van der Waals surface area (Å²) in [5, 5.41) is 2.88. The highest BCUT2D eigenvalue weighted by Gasteiger charge is 2.23. The van der Waals surface area contributed by atoms with E-state index in [1.807, 2.05) is 39.0 Å². The van der Waals surface area contributed by atoms with Gasteiger partial charge in [-0.3, -0.25) is 4.79 Å². The molecule has 5 heteroatoms. The molecule has 1 N–H and O–H groups in total. The second-order valence-corrected chi connectivity index (χ2v) is 6.20. The molecular formula is C18H19NO4. The lowest BCUT2D eigenvalue weighted by atomic mass is 10.1. The monoisotopic (exact) mass is 313 g/mol. The van der Waals surface area contributed by atoms with E-state index in [1.54, 1.807) is 24.3 Å². The summed E-state index contributed by atoms with van der Waals surface area (Å²) >= 11 is 0. The van der Waals surface area contributed by atoms with E-state index in [9.17, 15) is 4.79 Å². The molecule has 120 valence electrons. The molecule has 1 heterocycles. The molecule has 2 aromatic rings. The van der Waals surface area contributed by atoms with Crippen LogP contribution in [-0.4, -0.2) is 18.3 Å². The van der Waals surface area contributed by atoms with Crippen molar-refractivity contribution in [2.24, 2.45) is 0 Å². The van der Waals surface area contributed by atoms with E-state index in [-0.39, 0.29) is 18.3 Å². The van der Waals surface area contributed by atoms with Crippen LogP contribution in [0.1, 0.15) is 31.1 Å². The van der Waals surface area contributed by atoms with Crippen molar-refractivity contribution in [3.05, 3.63) is 48.0 Å². The molecule has 0 unspecified atom stereocenters. The number of para-hydroxylation sites is 3. The summed E-state index contributed by atoms with van der Waals surface area (Å²) in [5.74, 6) is 1.41. The number of benzene rings is 2. The van der Waals surface area contributed by atoms with Crippen molar-refractivity contribution in [3.8, 4) is 17.2 Å². The molecule has 1 aliphatic rings. The SMILES string of the molecule is CC(C)(C)Oc1ccccc1NC(=O)c1cccc2c1OCO2. The van der Waals surface area contributed by atoms with Gasteiger partial charge in [-0.25, -0.2) is 0 Å². The van der Waals surface area contributed by atoms with Crippen LogP contribution in [0.25, 0.3) is 0 Å². The second kappa shape index (κ2) is 5.83. The maximum atomic E-state index is 12.6. The molecule has 0 aromatic heterocycles. The van der Waals surface area contributed by atoms with Crippen molar-refractivity contribution in [3.63, 3.8) is 0 Å². The van der Waals surface area contributed by atoms with E-state index in [4.69, 9.17) is 14.2 Å². The third kappa shape index (κ3) is 3.39. The minimum atomic E-state index is -0.355. The first-order chi connectivity index (χ1) is 10.9. The van der Waals surface area contributed by atoms with Gasteiger partial charge in [-0.2, -0.15) is 0 Å². The minimum absolute atomic E-state index is 0.128. The topological polar surface area (TPSA) is 56.8 Å². The lowest BCUT2D eigenvalue weighted by Crippen LogP contribution is -2.24. The Balaban J connectivity index is 1.86. The molecule has 0 saturated carbocycles. The van der Waals surface area contributed by atoms with Gasteiger partial charge in [0.2, 0.25) is 6.79 Å². The minimum Gasteiger partial charge on any atom is -0.486 e. The van der Waals surface area contributed by atoms with Crippen LogP contribution in [0.15, 0.2) is 42.5 Å². The summed E-state index contributed by atoms with van der Waals surface area (Å²) in [7, 11) is 0. The van der Waals surface area contributed by atoms with Crippen LogP contribution in [-0.2, 0) is 0 Å². The molecule has 0 atom stereocenters. The Bertz CT molecular complexity index is 734. The first kappa shape index (κ1) is 15.2. The molecule has 1 aliphatic heterocycles. The van der Waals surface area contributed by atoms with E-state index in [2.05, 4.69) is 5.32 Å². The maximum absolute atomic E-state index is 12.6. The molecule has 0 aliphatic carbocycles. The molecular weight excluding hydrogens is 294 g/mol. The van der Waals surface area contributed by atoms with E-state index in [0.29, 0.717) is 28.5 Å². The van der Waals surface area contributed by atoms with E-state index in [1.165, 1.54) is 0 Å². The molecule has 0 radical (unpaired) electrons. The number of hydrogen-bond acceptors (Lipinski definition) is 4. The van der Waals surface area contributed by atoms with E-state index >= 15 is 0 Å². The number of nitrogens with one attached hydrogen (secondary N) is 1.